The van der Waals surface area contributed by atoms with Crippen LogP contribution in [-0.2, 0) is 4.79 Å². The molecule has 2 rings (SSSR count). The van der Waals surface area contributed by atoms with Gasteiger partial charge < -0.3 is 9.64 Å². The minimum atomic E-state index is 0.147. The van der Waals surface area contributed by atoms with Crippen molar-refractivity contribution in [2.45, 2.75) is 25.3 Å². The van der Waals surface area contributed by atoms with E-state index in [4.69, 9.17) is 16.3 Å². The highest BCUT2D eigenvalue weighted by Crippen LogP contribution is 2.19. The Morgan fingerprint density at radius 3 is 2.89 bits per heavy atom. The number of carbonyl (C=O) groups excluding carboxylic acids is 1. The summed E-state index contributed by atoms with van der Waals surface area (Å²) >= 11 is 5.85. The SMILES string of the molecule is O=C(CCOc1ccccc1)N1CCC[C@H]1CCl. The maximum atomic E-state index is 12.0. The zero-order valence-corrected chi connectivity index (χ0v) is 11.1. The fourth-order valence-corrected chi connectivity index (χ4v) is 2.56. The number of para-hydroxylation sites is 1. The molecule has 1 fully saturated rings. The second-order valence-corrected chi connectivity index (χ2v) is 4.76. The Balaban J connectivity index is 1.75. The molecule has 0 unspecified atom stereocenters. The van der Waals surface area contributed by atoms with Crippen molar-refractivity contribution in [2.75, 3.05) is 19.0 Å². The number of amides is 1. The smallest absolute Gasteiger partial charge is 0.226 e. The first-order valence-corrected chi connectivity index (χ1v) is 6.88. The summed E-state index contributed by atoms with van der Waals surface area (Å²) in [6.07, 6.45) is 2.50. The predicted octanol–water partition coefficient (Wildman–Crippen LogP) is 2.69. The van der Waals surface area contributed by atoms with Crippen LogP contribution >= 0.6 is 11.6 Å². The van der Waals surface area contributed by atoms with Crippen molar-refractivity contribution in [3.63, 3.8) is 0 Å². The van der Waals surface area contributed by atoms with Crippen molar-refractivity contribution in [1.82, 2.24) is 4.90 Å². The third-order valence-electron chi connectivity index (χ3n) is 3.20. The number of nitrogens with zero attached hydrogens (tertiary/aromatic N) is 1. The summed E-state index contributed by atoms with van der Waals surface area (Å²) in [7, 11) is 0. The second-order valence-electron chi connectivity index (χ2n) is 4.45. The Kier molecular flexibility index (Phi) is 4.88. The molecule has 3 nitrogen and oxygen atoms in total. The summed E-state index contributed by atoms with van der Waals surface area (Å²) in [5.74, 6) is 1.49. The Morgan fingerprint density at radius 1 is 1.39 bits per heavy atom. The lowest BCUT2D eigenvalue weighted by Crippen LogP contribution is -2.37. The van der Waals surface area contributed by atoms with Gasteiger partial charge in [-0.1, -0.05) is 18.2 Å². The fraction of sp³-hybridized carbons (Fsp3) is 0.500. The molecule has 4 heteroatoms. The van der Waals surface area contributed by atoms with E-state index in [9.17, 15) is 4.79 Å². The standard InChI is InChI=1S/C14H18ClNO2/c15-11-12-5-4-9-16(12)14(17)8-10-18-13-6-2-1-3-7-13/h1-3,6-7,12H,4-5,8-11H2/t12-/m0/s1. The second kappa shape index (κ2) is 6.64. The Hall–Kier alpha value is -1.22. The van der Waals surface area contributed by atoms with Gasteiger partial charge in [-0.25, -0.2) is 0 Å². The molecular weight excluding hydrogens is 250 g/mol. The number of alkyl halides is 1. The minimum absolute atomic E-state index is 0.147. The highest BCUT2D eigenvalue weighted by Gasteiger charge is 2.27. The molecule has 0 saturated carbocycles. The summed E-state index contributed by atoms with van der Waals surface area (Å²) < 4.78 is 5.52. The zero-order chi connectivity index (χ0) is 12.8. The number of hydrogen-bond acceptors (Lipinski definition) is 2. The molecule has 98 valence electrons. The highest BCUT2D eigenvalue weighted by molar-refractivity contribution is 6.18. The van der Waals surface area contributed by atoms with Crippen LogP contribution in [0.5, 0.6) is 5.75 Å². The molecule has 0 aromatic heterocycles. The molecule has 1 aliphatic heterocycles. The Bertz CT molecular complexity index is 383. The number of halogens is 1. The van der Waals surface area contributed by atoms with Gasteiger partial charge in [0, 0.05) is 18.5 Å². The molecule has 1 aliphatic rings. The van der Waals surface area contributed by atoms with Gasteiger partial charge in [-0.15, -0.1) is 11.6 Å². The molecule has 1 aromatic carbocycles. The van der Waals surface area contributed by atoms with Gasteiger partial charge in [0.25, 0.3) is 0 Å². The largest absolute Gasteiger partial charge is 0.493 e. The van der Waals surface area contributed by atoms with Gasteiger partial charge in [-0.2, -0.15) is 0 Å². The van der Waals surface area contributed by atoms with Crippen LogP contribution in [0.25, 0.3) is 0 Å². The molecule has 1 heterocycles. The molecule has 1 saturated heterocycles. The van der Waals surface area contributed by atoms with Crippen molar-refractivity contribution < 1.29 is 9.53 Å². The minimum Gasteiger partial charge on any atom is -0.493 e. The third-order valence-corrected chi connectivity index (χ3v) is 3.56. The van der Waals surface area contributed by atoms with Crippen molar-refractivity contribution in [3.8, 4) is 5.75 Å². The molecule has 1 aromatic rings. The number of benzene rings is 1. The quantitative estimate of drug-likeness (QED) is 0.768. The number of ether oxygens (including phenoxy) is 1. The zero-order valence-electron chi connectivity index (χ0n) is 10.3. The van der Waals surface area contributed by atoms with Gasteiger partial charge in [0.15, 0.2) is 0 Å². The molecule has 0 aliphatic carbocycles. The maximum absolute atomic E-state index is 12.0. The van der Waals surface area contributed by atoms with Crippen LogP contribution < -0.4 is 4.74 Å². The summed E-state index contributed by atoms with van der Waals surface area (Å²) in [6.45, 7) is 1.26. The van der Waals surface area contributed by atoms with Gasteiger partial charge in [0.1, 0.15) is 5.75 Å². The summed E-state index contributed by atoms with van der Waals surface area (Å²) in [5.41, 5.74) is 0. The van der Waals surface area contributed by atoms with E-state index in [0.717, 1.165) is 25.1 Å². The van der Waals surface area contributed by atoms with E-state index in [-0.39, 0.29) is 11.9 Å². The molecule has 1 amide bonds. The van der Waals surface area contributed by atoms with Crippen molar-refractivity contribution >= 4 is 17.5 Å². The van der Waals surface area contributed by atoms with Crippen LogP contribution in [-0.4, -0.2) is 35.9 Å². The normalized spacial score (nSPS) is 18.9. The summed E-state index contributed by atoms with van der Waals surface area (Å²) in [5, 5.41) is 0. The van der Waals surface area contributed by atoms with E-state index < -0.39 is 0 Å². The van der Waals surface area contributed by atoms with E-state index in [1.165, 1.54) is 0 Å². The lowest BCUT2D eigenvalue weighted by atomic mass is 10.2. The van der Waals surface area contributed by atoms with E-state index in [2.05, 4.69) is 0 Å². The van der Waals surface area contributed by atoms with Crippen LogP contribution in [0.3, 0.4) is 0 Å². The lowest BCUT2D eigenvalue weighted by molar-refractivity contribution is -0.132. The highest BCUT2D eigenvalue weighted by atomic mass is 35.5. The molecular formula is C14H18ClNO2. The number of carbonyl (C=O) groups is 1. The number of rotatable bonds is 5. The topological polar surface area (TPSA) is 29.5 Å². The van der Waals surface area contributed by atoms with E-state index in [1.54, 1.807) is 0 Å². The van der Waals surface area contributed by atoms with Crippen molar-refractivity contribution in [2.24, 2.45) is 0 Å². The van der Waals surface area contributed by atoms with Crippen LogP contribution in [0.2, 0.25) is 0 Å². The molecule has 0 bridgehead atoms. The first-order chi connectivity index (χ1) is 8.81. The van der Waals surface area contributed by atoms with Gasteiger partial charge in [-0.3, -0.25) is 4.79 Å². The third kappa shape index (κ3) is 3.39. The van der Waals surface area contributed by atoms with Gasteiger partial charge in [0.05, 0.1) is 13.0 Å². The van der Waals surface area contributed by atoms with E-state index >= 15 is 0 Å². The van der Waals surface area contributed by atoms with Gasteiger partial charge in [0.2, 0.25) is 5.91 Å². The van der Waals surface area contributed by atoms with Crippen molar-refractivity contribution in [3.05, 3.63) is 30.3 Å². The van der Waals surface area contributed by atoms with Crippen LogP contribution in [0.1, 0.15) is 19.3 Å². The van der Waals surface area contributed by atoms with E-state index in [1.807, 2.05) is 35.2 Å². The lowest BCUT2D eigenvalue weighted by Gasteiger charge is -2.22. The molecule has 1 atom stereocenters. The summed E-state index contributed by atoms with van der Waals surface area (Å²) in [6, 6.07) is 9.77. The van der Waals surface area contributed by atoms with E-state index in [0.29, 0.717) is 18.9 Å². The summed E-state index contributed by atoms with van der Waals surface area (Å²) in [4.78, 5) is 13.9. The van der Waals surface area contributed by atoms with Crippen LogP contribution in [0.4, 0.5) is 0 Å². The predicted molar refractivity (Wildman–Crippen MR) is 72.0 cm³/mol. The van der Waals surface area contributed by atoms with Gasteiger partial charge >= 0.3 is 0 Å². The molecule has 0 radical (unpaired) electrons. The number of likely N-dealkylation sites (tertiary alicyclic amines) is 1. The van der Waals surface area contributed by atoms with Crippen LogP contribution in [0.15, 0.2) is 30.3 Å². The maximum Gasteiger partial charge on any atom is 0.226 e. The molecule has 0 spiro atoms. The van der Waals surface area contributed by atoms with Crippen molar-refractivity contribution in [1.29, 1.82) is 0 Å². The van der Waals surface area contributed by atoms with Gasteiger partial charge in [-0.05, 0) is 25.0 Å². The Labute approximate surface area is 113 Å². The van der Waals surface area contributed by atoms with Crippen LogP contribution in [0, 0.1) is 0 Å². The number of hydrogen-bond donors (Lipinski definition) is 0. The fourth-order valence-electron chi connectivity index (χ4n) is 2.24. The average molecular weight is 268 g/mol. The first kappa shape index (κ1) is 13.2. The molecule has 18 heavy (non-hydrogen) atoms. The Morgan fingerprint density at radius 2 is 2.17 bits per heavy atom. The average Bonchev–Trinajstić information content (AvgIpc) is 2.88. The first-order valence-electron chi connectivity index (χ1n) is 6.34. The monoisotopic (exact) mass is 267 g/mol. The molecule has 0 N–H and O–H groups in total.